The van der Waals surface area contributed by atoms with Crippen LogP contribution in [0.5, 0.6) is 5.75 Å². The van der Waals surface area contributed by atoms with Gasteiger partial charge in [0.1, 0.15) is 5.75 Å². The van der Waals surface area contributed by atoms with Gasteiger partial charge in [-0.2, -0.15) is 0 Å². The Morgan fingerprint density at radius 1 is 1.50 bits per heavy atom. The van der Waals surface area contributed by atoms with E-state index in [-0.39, 0.29) is 6.04 Å². The molecule has 112 valence electrons. The van der Waals surface area contributed by atoms with Crippen molar-refractivity contribution in [3.8, 4) is 5.75 Å². The van der Waals surface area contributed by atoms with E-state index in [9.17, 15) is 0 Å². The molecule has 4 heteroatoms. The minimum atomic E-state index is -0.0558. The number of benzene rings is 1. The zero-order chi connectivity index (χ0) is 14.5. The first-order valence-electron chi connectivity index (χ1n) is 7.46. The van der Waals surface area contributed by atoms with Crippen LogP contribution in [0.4, 0.5) is 5.69 Å². The van der Waals surface area contributed by atoms with Crippen LogP contribution in [-0.4, -0.2) is 32.9 Å². The molecule has 20 heavy (non-hydrogen) atoms. The zero-order valence-electron chi connectivity index (χ0n) is 12.8. The minimum Gasteiger partial charge on any atom is -0.496 e. The van der Waals surface area contributed by atoms with Crippen LogP contribution in [0.25, 0.3) is 0 Å². The Kier molecular flexibility index (Phi) is 5.26. The van der Waals surface area contributed by atoms with Crippen LogP contribution in [0, 0.1) is 0 Å². The number of rotatable bonds is 6. The summed E-state index contributed by atoms with van der Waals surface area (Å²) in [6.45, 7) is 6.91. The van der Waals surface area contributed by atoms with Gasteiger partial charge < -0.3 is 20.1 Å². The van der Waals surface area contributed by atoms with E-state index in [1.54, 1.807) is 7.11 Å². The molecular weight excluding hydrogens is 252 g/mol. The van der Waals surface area contributed by atoms with Crippen molar-refractivity contribution < 1.29 is 9.47 Å². The zero-order valence-corrected chi connectivity index (χ0v) is 12.8. The lowest BCUT2D eigenvalue weighted by atomic mass is 10.0. The minimum absolute atomic E-state index is 0.0558. The molecule has 0 radical (unpaired) electrons. The highest BCUT2D eigenvalue weighted by molar-refractivity contribution is 5.60. The third-order valence-electron chi connectivity index (χ3n) is 3.89. The summed E-state index contributed by atoms with van der Waals surface area (Å²) >= 11 is 0. The molecule has 0 aromatic heterocycles. The second kappa shape index (κ2) is 6.95. The number of nitrogens with zero attached hydrogens (tertiary/aromatic N) is 1. The largest absolute Gasteiger partial charge is 0.496 e. The maximum atomic E-state index is 6.15. The van der Waals surface area contributed by atoms with Crippen molar-refractivity contribution in [1.29, 1.82) is 0 Å². The lowest BCUT2D eigenvalue weighted by Gasteiger charge is -2.30. The van der Waals surface area contributed by atoms with Gasteiger partial charge in [-0.3, -0.25) is 0 Å². The summed E-state index contributed by atoms with van der Waals surface area (Å²) in [7, 11) is 1.70. The molecule has 1 aromatic carbocycles. The number of likely N-dealkylation sites (N-methyl/N-ethyl adjacent to an activating group) is 1. The lowest BCUT2D eigenvalue weighted by molar-refractivity contribution is 0.115. The molecule has 0 amide bonds. The van der Waals surface area contributed by atoms with E-state index >= 15 is 0 Å². The molecule has 1 aliphatic rings. The second-order valence-corrected chi connectivity index (χ2v) is 5.36. The summed E-state index contributed by atoms with van der Waals surface area (Å²) in [4.78, 5) is 2.34. The van der Waals surface area contributed by atoms with Crippen molar-refractivity contribution in [2.45, 2.75) is 38.8 Å². The number of anilines is 1. The van der Waals surface area contributed by atoms with Gasteiger partial charge in [0.05, 0.1) is 13.2 Å². The Hall–Kier alpha value is -1.26. The first-order chi connectivity index (χ1) is 9.67. The highest BCUT2D eigenvalue weighted by Crippen LogP contribution is 2.34. The van der Waals surface area contributed by atoms with E-state index < -0.39 is 0 Å². The molecule has 1 unspecified atom stereocenters. The standard InChI is InChI=1S/C16H26N2O2/c1-4-18(11-13-7-6-10-20-13)14-8-5-9-15(19-3)16(14)12(2)17/h5,8-9,12-13H,4,6-7,10-11,17H2,1-3H3/t12-,13?/m0/s1. The van der Waals surface area contributed by atoms with Crippen molar-refractivity contribution in [2.24, 2.45) is 5.73 Å². The van der Waals surface area contributed by atoms with Crippen LogP contribution in [0.15, 0.2) is 18.2 Å². The molecule has 1 saturated heterocycles. The molecule has 0 aliphatic carbocycles. The van der Waals surface area contributed by atoms with Crippen LogP contribution < -0.4 is 15.4 Å². The summed E-state index contributed by atoms with van der Waals surface area (Å²) in [6, 6.07) is 6.07. The molecule has 4 nitrogen and oxygen atoms in total. The van der Waals surface area contributed by atoms with Crippen molar-refractivity contribution in [1.82, 2.24) is 0 Å². The Labute approximate surface area is 121 Å². The number of methoxy groups -OCH3 is 1. The van der Waals surface area contributed by atoms with E-state index in [0.29, 0.717) is 6.10 Å². The van der Waals surface area contributed by atoms with Crippen LogP contribution in [0.1, 0.15) is 38.3 Å². The summed E-state index contributed by atoms with van der Waals surface area (Å²) < 4.78 is 11.2. The van der Waals surface area contributed by atoms with Crippen LogP contribution >= 0.6 is 0 Å². The molecule has 1 aliphatic heterocycles. The van der Waals surface area contributed by atoms with Crippen molar-refractivity contribution in [3.05, 3.63) is 23.8 Å². The predicted octanol–water partition coefficient (Wildman–Crippen LogP) is 2.72. The molecule has 0 spiro atoms. The van der Waals surface area contributed by atoms with Gasteiger partial charge in [-0.1, -0.05) is 6.07 Å². The van der Waals surface area contributed by atoms with Gasteiger partial charge in [0, 0.05) is 37.0 Å². The third kappa shape index (κ3) is 3.25. The fraction of sp³-hybridized carbons (Fsp3) is 0.625. The SMILES string of the molecule is CCN(CC1CCCO1)c1cccc(OC)c1[C@H](C)N. The molecule has 1 fully saturated rings. The van der Waals surface area contributed by atoms with E-state index in [1.165, 1.54) is 6.42 Å². The average molecular weight is 278 g/mol. The molecule has 2 atom stereocenters. The van der Waals surface area contributed by atoms with E-state index in [0.717, 1.165) is 43.1 Å². The first kappa shape index (κ1) is 15.1. The Balaban J connectivity index is 2.27. The average Bonchev–Trinajstić information content (AvgIpc) is 2.96. The topological polar surface area (TPSA) is 47.7 Å². The Bertz CT molecular complexity index is 428. The van der Waals surface area contributed by atoms with Crippen LogP contribution in [0.3, 0.4) is 0 Å². The second-order valence-electron chi connectivity index (χ2n) is 5.36. The number of hydrogen-bond donors (Lipinski definition) is 1. The summed E-state index contributed by atoms with van der Waals surface area (Å²) in [5.41, 5.74) is 8.40. The van der Waals surface area contributed by atoms with Gasteiger partial charge in [-0.25, -0.2) is 0 Å². The van der Waals surface area contributed by atoms with E-state index in [1.807, 2.05) is 19.1 Å². The smallest absolute Gasteiger partial charge is 0.125 e. The number of ether oxygens (including phenoxy) is 2. The Morgan fingerprint density at radius 3 is 2.85 bits per heavy atom. The lowest BCUT2D eigenvalue weighted by Crippen LogP contribution is -2.33. The third-order valence-corrected chi connectivity index (χ3v) is 3.89. The normalized spacial score (nSPS) is 19.9. The van der Waals surface area contributed by atoms with Gasteiger partial charge in [0.25, 0.3) is 0 Å². The number of nitrogens with two attached hydrogens (primary N) is 1. The highest BCUT2D eigenvalue weighted by atomic mass is 16.5. The van der Waals surface area contributed by atoms with Gasteiger partial charge in [0.15, 0.2) is 0 Å². The number of hydrogen-bond acceptors (Lipinski definition) is 4. The van der Waals surface area contributed by atoms with E-state index in [4.69, 9.17) is 15.2 Å². The molecule has 2 rings (SSSR count). The van der Waals surface area contributed by atoms with Crippen molar-refractivity contribution in [3.63, 3.8) is 0 Å². The van der Waals surface area contributed by atoms with Gasteiger partial charge in [-0.15, -0.1) is 0 Å². The van der Waals surface area contributed by atoms with Crippen LogP contribution in [0.2, 0.25) is 0 Å². The molecular formula is C16H26N2O2. The first-order valence-corrected chi connectivity index (χ1v) is 7.46. The van der Waals surface area contributed by atoms with Gasteiger partial charge in [-0.05, 0) is 38.8 Å². The summed E-state index contributed by atoms with van der Waals surface area (Å²) in [5.74, 6) is 0.864. The highest BCUT2D eigenvalue weighted by Gasteiger charge is 2.22. The van der Waals surface area contributed by atoms with E-state index in [2.05, 4.69) is 17.9 Å². The van der Waals surface area contributed by atoms with Gasteiger partial charge >= 0.3 is 0 Å². The predicted molar refractivity (Wildman–Crippen MR) is 82.5 cm³/mol. The summed E-state index contributed by atoms with van der Waals surface area (Å²) in [6.07, 6.45) is 2.65. The maximum Gasteiger partial charge on any atom is 0.125 e. The molecule has 1 heterocycles. The van der Waals surface area contributed by atoms with Crippen molar-refractivity contribution >= 4 is 5.69 Å². The van der Waals surface area contributed by atoms with Crippen molar-refractivity contribution in [2.75, 3.05) is 31.7 Å². The molecule has 2 N–H and O–H groups in total. The van der Waals surface area contributed by atoms with Crippen LogP contribution in [-0.2, 0) is 4.74 Å². The summed E-state index contributed by atoms with van der Waals surface area (Å²) in [5, 5.41) is 0. The fourth-order valence-electron chi connectivity index (χ4n) is 2.88. The quantitative estimate of drug-likeness (QED) is 0.869. The monoisotopic (exact) mass is 278 g/mol. The maximum absolute atomic E-state index is 6.15. The fourth-order valence-corrected chi connectivity index (χ4v) is 2.88. The van der Waals surface area contributed by atoms with Gasteiger partial charge in [0.2, 0.25) is 0 Å². The Morgan fingerprint density at radius 2 is 2.30 bits per heavy atom. The molecule has 0 bridgehead atoms. The molecule has 0 saturated carbocycles. The molecule has 1 aromatic rings.